The van der Waals surface area contributed by atoms with Crippen LogP contribution in [-0.2, 0) is 6.42 Å². The number of nitrogens with two attached hydrogens (primary N) is 1. The van der Waals surface area contributed by atoms with E-state index in [0.717, 1.165) is 36.3 Å². The van der Waals surface area contributed by atoms with Crippen LogP contribution in [0.1, 0.15) is 29.5 Å². The second kappa shape index (κ2) is 4.22. The van der Waals surface area contributed by atoms with E-state index in [1.54, 1.807) is 14.2 Å². The topological polar surface area (TPSA) is 44.5 Å². The molecule has 3 nitrogen and oxygen atoms in total. The van der Waals surface area contributed by atoms with Gasteiger partial charge in [0.2, 0.25) is 0 Å². The van der Waals surface area contributed by atoms with E-state index in [4.69, 9.17) is 15.2 Å². The van der Waals surface area contributed by atoms with Crippen LogP contribution in [0, 0.1) is 13.8 Å². The quantitative estimate of drug-likeness (QED) is 0.871. The van der Waals surface area contributed by atoms with Gasteiger partial charge < -0.3 is 15.2 Å². The molecule has 0 heterocycles. The molecule has 0 unspecified atom stereocenters. The van der Waals surface area contributed by atoms with Gasteiger partial charge in [-0.25, -0.2) is 0 Å². The highest BCUT2D eigenvalue weighted by Crippen LogP contribution is 2.43. The van der Waals surface area contributed by atoms with E-state index >= 15 is 0 Å². The van der Waals surface area contributed by atoms with Crippen LogP contribution in [0.2, 0.25) is 0 Å². The molecule has 2 N–H and O–H groups in total. The first-order chi connectivity index (χ1) is 8.00. The fraction of sp³-hybridized carbons (Fsp3) is 0.571. The highest BCUT2D eigenvalue weighted by atomic mass is 16.5. The van der Waals surface area contributed by atoms with Gasteiger partial charge in [-0.1, -0.05) is 6.07 Å². The molecule has 0 bridgehead atoms. The monoisotopic (exact) mass is 235 g/mol. The molecular formula is C14H21NO2. The maximum absolute atomic E-state index is 6.20. The van der Waals surface area contributed by atoms with Gasteiger partial charge in [0.05, 0.1) is 14.2 Å². The van der Waals surface area contributed by atoms with Crippen LogP contribution in [0.15, 0.2) is 6.07 Å². The van der Waals surface area contributed by atoms with Crippen LogP contribution in [0.3, 0.4) is 0 Å². The zero-order valence-corrected chi connectivity index (χ0v) is 11.1. The summed E-state index contributed by atoms with van der Waals surface area (Å²) in [6, 6.07) is 2.14. The van der Waals surface area contributed by atoms with E-state index in [1.165, 1.54) is 11.1 Å². The van der Waals surface area contributed by atoms with Gasteiger partial charge in [0.1, 0.15) is 0 Å². The molecule has 0 aromatic heterocycles. The average molecular weight is 235 g/mol. The van der Waals surface area contributed by atoms with Gasteiger partial charge in [-0.2, -0.15) is 0 Å². The van der Waals surface area contributed by atoms with E-state index in [9.17, 15) is 0 Å². The number of ether oxygens (including phenoxy) is 2. The van der Waals surface area contributed by atoms with Crippen molar-refractivity contribution in [3.8, 4) is 11.5 Å². The zero-order chi connectivity index (χ0) is 12.6. The van der Waals surface area contributed by atoms with Gasteiger partial charge in [-0.3, -0.25) is 0 Å². The maximum Gasteiger partial charge on any atom is 0.164 e. The van der Waals surface area contributed by atoms with Gasteiger partial charge in [0, 0.05) is 11.1 Å². The van der Waals surface area contributed by atoms with Gasteiger partial charge in [-0.05, 0) is 44.2 Å². The molecule has 0 spiro atoms. The molecule has 1 saturated carbocycles. The molecule has 0 radical (unpaired) electrons. The first-order valence-electron chi connectivity index (χ1n) is 6.00. The summed E-state index contributed by atoms with van der Waals surface area (Å²) in [4.78, 5) is 0. The Labute approximate surface area is 103 Å². The average Bonchev–Trinajstić information content (AvgIpc) is 3.00. The molecule has 1 aromatic rings. The third-order valence-corrected chi connectivity index (χ3v) is 3.58. The van der Waals surface area contributed by atoms with E-state index < -0.39 is 0 Å². The molecule has 17 heavy (non-hydrogen) atoms. The van der Waals surface area contributed by atoms with Gasteiger partial charge in [0.15, 0.2) is 11.5 Å². The van der Waals surface area contributed by atoms with Crippen molar-refractivity contribution in [2.24, 2.45) is 5.73 Å². The number of aryl methyl sites for hydroxylation is 2. The molecule has 0 saturated heterocycles. The van der Waals surface area contributed by atoms with E-state index in [-0.39, 0.29) is 5.54 Å². The minimum atomic E-state index is -0.0156. The van der Waals surface area contributed by atoms with Crippen LogP contribution < -0.4 is 15.2 Å². The molecule has 0 amide bonds. The van der Waals surface area contributed by atoms with E-state index in [0.29, 0.717) is 0 Å². The van der Waals surface area contributed by atoms with Gasteiger partial charge in [0.25, 0.3) is 0 Å². The smallest absolute Gasteiger partial charge is 0.164 e. The molecule has 2 rings (SSSR count). The summed E-state index contributed by atoms with van der Waals surface area (Å²) in [5.74, 6) is 1.68. The maximum atomic E-state index is 6.20. The molecular weight excluding hydrogens is 214 g/mol. The largest absolute Gasteiger partial charge is 0.493 e. The minimum Gasteiger partial charge on any atom is -0.493 e. The zero-order valence-electron chi connectivity index (χ0n) is 11.1. The Morgan fingerprint density at radius 1 is 1.12 bits per heavy atom. The molecule has 0 atom stereocenters. The first kappa shape index (κ1) is 12.2. The van der Waals surface area contributed by atoms with Gasteiger partial charge >= 0.3 is 0 Å². The van der Waals surface area contributed by atoms with Crippen molar-refractivity contribution >= 4 is 0 Å². The number of methoxy groups -OCH3 is 2. The summed E-state index contributed by atoms with van der Waals surface area (Å²) in [6.07, 6.45) is 3.08. The Morgan fingerprint density at radius 2 is 1.71 bits per heavy atom. The Hall–Kier alpha value is -1.22. The normalized spacial score (nSPS) is 16.8. The predicted octanol–water partition coefficient (Wildman–Crippen LogP) is 2.35. The lowest BCUT2D eigenvalue weighted by atomic mass is 9.96. The summed E-state index contributed by atoms with van der Waals surface area (Å²) in [6.45, 7) is 4.14. The van der Waals surface area contributed by atoms with Crippen LogP contribution in [-0.4, -0.2) is 19.8 Å². The van der Waals surface area contributed by atoms with Crippen LogP contribution >= 0.6 is 0 Å². The number of benzene rings is 1. The van der Waals surface area contributed by atoms with Crippen molar-refractivity contribution in [3.63, 3.8) is 0 Å². The number of hydrogen-bond acceptors (Lipinski definition) is 3. The predicted molar refractivity (Wildman–Crippen MR) is 68.9 cm³/mol. The first-order valence-corrected chi connectivity index (χ1v) is 6.00. The molecule has 1 aromatic carbocycles. The molecule has 1 aliphatic carbocycles. The second-order valence-electron chi connectivity index (χ2n) is 5.09. The van der Waals surface area contributed by atoms with Crippen LogP contribution in [0.4, 0.5) is 0 Å². The fourth-order valence-electron chi connectivity index (χ4n) is 2.35. The summed E-state index contributed by atoms with van der Waals surface area (Å²) >= 11 is 0. The Kier molecular flexibility index (Phi) is 3.04. The van der Waals surface area contributed by atoms with Crippen molar-refractivity contribution in [3.05, 3.63) is 22.8 Å². The lowest BCUT2D eigenvalue weighted by Crippen LogP contribution is -2.25. The van der Waals surface area contributed by atoms with Crippen molar-refractivity contribution in [1.29, 1.82) is 0 Å². The third kappa shape index (κ3) is 2.25. The molecule has 1 fully saturated rings. The van der Waals surface area contributed by atoms with Crippen LogP contribution in [0.5, 0.6) is 11.5 Å². The number of rotatable bonds is 4. The molecule has 3 heteroatoms. The standard InChI is InChI=1S/C14H21NO2/c1-9-7-10(2)12(16-3)13(17-4)11(9)8-14(15)5-6-14/h7H,5-6,8,15H2,1-4H3. The summed E-state index contributed by atoms with van der Waals surface area (Å²) in [5, 5.41) is 0. The third-order valence-electron chi connectivity index (χ3n) is 3.58. The van der Waals surface area contributed by atoms with Crippen molar-refractivity contribution < 1.29 is 9.47 Å². The fourth-order valence-corrected chi connectivity index (χ4v) is 2.35. The highest BCUT2D eigenvalue weighted by molar-refractivity contribution is 5.55. The summed E-state index contributed by atoms with van der Waals surface area (Å²) in [7, 11) is 3.37. The second-order valence-corrected chi connectivity index (χ2v) is 5.09. The Balaban J connectivity index is 2.48. The molecule has 1 aliphatic rings. The number of hydrogen-bond donors (Lipinski definition) is 1. The van der Waals surface area contributed by atoms with Crippen LogP contribution in [0.25, 0.3) is 0 Å². The van der Waals surface area contributed by atoms with Crippen molar-refractivity contribution in [1.82, 2.24) is 0 Å². The van der Waals surface area contributed by atoms with E-state index in [2.05, 4.69) is 13.0 Å². The molecule has 94 valence electrons. The lowest BCUT2D eigenvalue weighted by Gasteiger charge is -2.19. The molecule has 0 aliphatic heterocycles. The summed E-state index contributed by atoms with van der Waals surface area (Å²) in [5.41, 5.74) is 9.72. The Bertz CT molecular complexity index is 436. The van der Waals surface area contributed by atoms with Crippen molar-refractivity contribution in [2.75, 3.05) is 14.2 Å². The SMILES string of the molecule is COc1c(C)cc(C)c(CC2(N)CC2)c1OC. The highest BCUT2D eigenvalue weighted by Gasteiger charge is 2.39. The Morgan fingerprint density at radius 3 is 2.18 bits per heavy atom. The van der Waals surface area contributed by atoms with Crippen molar-refractivity contribution in [2.45, 2.75) is 38.6 Å². The minimum absolute atomic E-state index is 0.0156. The van der Waals surface area contributed by atoms with E-state index in [1.807, 2.05) is 6.92 Å². The summed E-state index contributed by atoms with van der Waals surface area (Å²) < 4.78 is 11.0. The van der Waals surface area contributed by atoms with Gasteiger partial charge in [-0.15, -0.1) is 0 Å². The lowest BCUT2D eigenvalue weighted by molar-refractivity contribution is 0.348.